The summed E-state index contributed by atoms with van der Waals surface area (Å²) in [5, 5.41) is 13.4. The van der Waals surface area contributed by atoms with Crippen molar-refractivity contribution >= 4 is 17.8 Å². The van der Waals surface area contributed by atoms with Gasteiger partial charge in [0, 0.05) is 10.6 Å². The Balaban J connectivity index is 1.76. The Morgan fingerprint density at radius 2 is 1.22 bits per heavy atom. The number of rotatable bonds is 13. The van der Waals surface area contributed by atoms with E-state index in [9.17, 15) is 5.11 Å². The Kier molecular flexibility index (Phi) is 9.91. The molecule has 0 saturated heterocycles. The molecular formula is C33H37O3P. The first-order valence-corrected chi connectivity index (χ1v) is 15.0. The molecule has 4 aromatic rings. The molecule has 4 aromatic carbocycles. The number of ether oxygens (including phenoxy) is 1. The molecule has 0 bridgehead atoms. The van der Waals surface area contributed by atoms with Crippen LogP contribution in [0.5, 0.6) is 0 Å². The minimum absolute atomic E-state index is 0.135. The largest absolute Gasteiger partial charge is 0.388 e. The van der Waals surface area contributed by atoms with Crippen molar-refractivity contribution in [3.8, 4) is 0 Å². The van der Waals surface area contributed by atoms with Gasteiger partial charge in [-0.15, -0.1) is 0 Å². The quantitative estimate of drug-likeness (QED) is 0.192. The Morgan fingerprint density at radius 1 is 0.730 bits per heavy atom. The highest BCUT2D eigenvalue weighted by Gasteiger charge is 2.42. The van der Waals surface area contributed by atoms with Crippen molar-refractivity contribution in [2.45, 2.75) is 57.1 Å². The lowest BCUT2D eigenvalue weighted by atomic mass is 9.99. The van der Waals surface area contributed by atoms with Gasteiger partial charge in [-0.3, -0.25) is 0 Å². The summed E-state index contributed by atoms with van der Waals surface area (Å²) in [6.07, 6.45) is 2.36. The topological polar surface area (TPSA) is 46.5 Å². The highest BCUT2D eigenvalue weighted by atomic mass is 31.2. The lowest BCUT2D eigenvalue weighted by Gasteiger charge is -2.35. The van der Waals surface area contributed by atoms with Gasteiger partial charge in [-0.1, -0.05) is 141 Å². The molecular weight excluding hydrogens is 475 g/mol. The average molecular weight is 513 g/mol. The van der Waals surface area contributed by atoms with Crippen molar-refractivity contribution in [3.63, 3.8) is 0 Å². The molecule has 0 amide bonds. The molecule has 0 aliphatic heterocycles. The van der Waals surface area contributed by atoms with Crippen molar-refractivity contribution < 1.29 is 14.4 Å². The minimum Gasteiger partial charge on any atom is -0.388 e. The van der Waals surface area contributed by atoms with Gasteiger partial charge in [-0.25, -0.2) is 0 Å². The van der Waals surface area contributed by atoms with E-state index in [2.05, 4.69) is 19.1 Å². The third-order valence-corrected chi connectivity index (χ3v) is 10.5. The Hall–Kier alpha value is -2.97. The van der Waals surface area contributed by atoms with Crippen LogP contribution < -0.4 is 10.6 Å². The summed E-state index contributed by atoms with van der Waals surface area (Å²) in [6.45, 7) is 2.66. The average Bonchev–Trinajstić information content (AvgIpc) is 2.98. The predicted octanol–water partition coefficient (Wildman–Crippen LogP) is 7.27. The van der Waals surface area contributed by atoms with E-state index in [1.54, 1.807) is 0 Å². The van der Waals surface area contributed by atoms with Crippen LogP contribution in [0.3, 0.4) is 0 Å². The summed E-state index contributed by atoms with van der Waals surface area (Å²) >= 11 is 0. The number of unbranched alkanes of at least 4 members (excludes halogenated alkanes) is 1. The predicted molar refractivity (Wildman–Crippen MR) is 154 cm³/mol. The first-order chi connectivity index (χ1) is 18.1. The highest BCUT2D eigenvalue weighted by Crippen LogP contribution is 2.55. The summed E-state index contributed by atoms with van der Waals surface area (Å²) < 4.78 is 21.9. The molecule has 4 rings (SSSR count). The number of aliphatic hydroxyl groups excluding tert-OH is 1. The number of hydrogen-bond acceptors (Lipinski definition) is 3. The van der Waals surface area contributed by atoms with Crippen LogP contribution in [-0.4, -0.2) is 16.9 Å². The molecule has 1 N–H and O–H groups in total. The van der Waals surface area contributed by atoms with Crippen LogP contribution in [0.1, 0.15) is 49.8 Å². The fourth-order valence-electron chi connectivity index (χ4n) is 4.94. The molecule has 0 radical (unpaired) electrons. The second-order valence-electron chi connectivity index (χ2n) is 9.55. The summed E-state index contributed by atoms with van der Waals surface area (Å²) in [5.41, 5.74) is 1.34. The van der Waals surface area contributed by atoms with Gasteiger partial charge in [0.2, 0.25) is 0 Å². The first-order valence-electron chi connectivity index (χ1n) is 13.2. The highest BCUT2D eigenvalue weighted by molar-refractivity contribution is 7.79. The van der Waals surface area contributed by atoms with Crippen molar-refractivity contribution in [1.29, 1.82) is 0 Å². The van der Waals surface area contributed by atoms with E-state index in [1.165, 1.54) is 0 Å². The molecule has 0 fully saturated rings. The van der Waals surface area contributed by atoms with E-state index >= 15 is 4.57 Å². The molecule has 0 aromatic heterocycles. The van der Waals surface area contributed by atoms with Crippen LogP contribution in [0, 0.1) is 0 Å². The van der Waals surface area contributed by atoms with Crippen LogP contribution >= 0.6 is 7.14 Å². The molecule has 3 nitrogen and oxygen atoms in total. The van der Waals surface area contributed by atoms with E-state index in [0.29, 0.717) is 13.0 Å². The maximum absolute atomic E-state index is 15.4. The zero-order valence-corrected chi connectivity index (χ0v) is 22.4. The van der Waals surface area contributed by atoms with Crippen LogP contribution in [0.15, 0.2) is 121 Å². The summed E-state index contributed by atoms with van der Waals surface area (Å²) in [6, 6.07) is 39.1. The Bertz CT molecular complexity index is 1190. The van der Waals surface area contributed by atoms with Gasteiger partial charge >= 0.3 is 0 Å². The maximum Gasteiger partial charge on any atom is 0.149 e. The van der Waals surface area contributed by atoms with Gasteiger partial charge in [0.05, 0.1) is 24.5 Å². The number of hydrogen-bond donors (Lipinski definition) is 1. The lowest BCUT2D eigenvalue weighted by Crippen LogP contribution is -2.34. The SMILES string of the molecule is CCCC[C@H](C[C@H]([C@@H](O)c1ccccc1)P(=O)(c1ccccc1)c1ccccc1)OCc1ccccc1. The van der Waals surface area contributed by atoms with E-state index < -0.39 is 18.9 Å². The second-order valence-corrected chi connectivity index (χ2v) is 12.6. The van der Waals surface area contributed by atoms with Crippen molar-refractivity contribution in [2.24, 2.45) is 0 Å². The molecule has 0 unspecified atom stereocenters. The fourth-order valence-corrected chi connectivity index (χ4v) is 8.33. The lowest BCUT2D eigenvalue weighted by molar-refractivity contribution is 0.0185. The van der Waals surface area contributed by atoms with E-state index in [0.717, 1.165) is 41.0 Å². The second kappa shape index (κ2) is 13.5. The smallest absolute Gasteiger partial charge is 0.149 e. The molecule has 3 atom stereocenters. The van der Waals surface area contributed by atoms with Gasteiger partial charge in [0.1, 0.15) is 7.14 Å². The van der Waals surface area contributed by atoms with Crippen molar-refractivity contribution in [2.75, 3.05) is 0 Å². The van der Waals surface area contributed by atoms with Crippen LogP contribution in [-0.2, 0) is 15.9 Å². The molecule has 0 aliphatic rings. The summed E-state index contributed by atoms with van der Waals surface area (Å²) in [5.74, 6) is 0. The molecule has 0 heterocycles. The summed E-state index contributed by atoms with van der Waals surface area (Å²) in [4.78, 5) is 0. The van der Waals surface area contributed by atoms with Crippen LogP contribution in [0.25, 0.3) is 0 Å². The molecule has 0 saturated carbocycles. The van der Waals surface area contributed by atoms with Gasteiger partial charge in [0.25, 0.3) is 0 Å². The van der Waals surface area contributed by atoms with Crippen molar-refractivity contribution in [1.82, 2.24) is 0 Å². The molecule has 37 heavy (non-hydrogen) atoms. The zero-order chi connectivity index (χ0) is 25.9. The molecule has 4 heteroatoms. The van der Waals surface area contributed by atoms with E-state index in [1.807, 2.05) is 109 Å². The monoisotopic (exact) mass is 512 g/mol. The first kappa shape index (κ1) is 27.1. The normalized spacial score (nSPS) is 14.1. The third-order valence-electron chi connectivity index (χ3n) is 6.96. The molecule has 0 spiro atoms. The van der Waals surface area contributed by atoms with Gasteiger partial charge in [-0.2, -0.15) is 0 Å². The maximum atomic E-state index is 15.4. The number of benzene rings is 4. The Labute approximate surface area is 221 Å². The van der Waals surface area contributed by atoms with E-state index in [4.69, 9.17) is 4.74 Å². The molecule has 0 aliphatic carbocycles. The standard InChI is InChI=1S/C33H37O3P/c1-2-3-20-29(36-26-27-16-8-4-9-17-27)25-32(33(34)28-18-10-5-11-19-28)37(35,30-21-12-6-13-22-30)31-23-14-7-15-24-31/h4-19,21-24,29,32-34H,2-3,20,25-26H2,1H3/t29-,32-,33+/m1/s1. The number of aliphatic hydroxyl groups is 1. The van der Waals surface area contributed by atoms with Gasteiger partial charge in [-0.05, 0) is 24.0 Å². The fraction of sp³-hybridized carbons (Fsp3) is 0.273. The van der Waals surface area contributed by atoms with Crippen LogP contribution in [0.4, 0.5) is 0 Å². The zero-order valence-electron chi connectivity index (χ0n) is 21.5. The van der Waals surface area contributed by atoms with E-state index in [-0.39, 0.29) is 6.10 Å². The minimum atomic E-state index is -3.27. The Morgan fingerprint density at radius 3 is 1.73 bits per heavy atom. The summed E-state index contributed by atoms with van der Waals surface area (Å²) in [7, 11) is -3.27. The van der Waals surface area contributed by atoms with Gasteiger partial charge < -0.3 is 14.4 Å². The van der Waals surface area contributed by atoms with Gasteiger partial charge in [0.15, 0.2) is 0 Å². The molecule has 192 valence electrons. The van der Waals surface area contributed by atoms with Crippen LogP contribution in [0.2, 0.25) is 0 Å². The third kappa shape index (κ3) is 6.87. The van der Waals surface area contributed by atoms with Crippen molar-refractivity contribution in [3.05, 3.63) is 132 Å².